The second-order valence-corrected chi connectivity index (χ2v) is 2.56. The molecule has 0 saturated heterocycles. The zero-order valence-electron chi connectivity index (χ0n) is 5.56. The monoisotopic (exact) mass is 195 g/mol. The van der Waals surface area contributed by atoms with Crippen LogP contribution in [0.2, 0.25) is 0 Å². The molecule has 1 radical (unpaired) electrons. The molecular weight excluding hydrogens is 184 g/mol. The average molecular weight is 196 g/mol. The zero-order valence-corrected chi connectivity index (χ0v) is 7.15. The molecule has 9 heavy (non-hydrogen) atoms. The van der Waals surface area contributed by atoms with Crippen molar-refractivity contribution in [3.63, 3.8) is 0 Å². The highest BCUT2D eigenvalue weighted by Crippen LogP contribution is 1.98. The van der Waals surface area contributed by atoms with E-state index in [1.54, 1.807) is 0 Å². The highest BCUT2D eigenvalue weighted by atomic mass is 79.9. The van der Waals surface area contributed by atoms with Crippen LogP contribution < -0.4 is 0 Å². The number of aliphatic hydroxyl groups is 1. The predicted octanol–water partition coefficient (Wildman–Crippen LogP) is 2.06. The minimum atomic E-state index is 0.0598. The molecule has 0 amide bonds. The van der Waals surface area contributed by atoms with Crippen molar-refractivity contribution in [1.82, 2.24) is 0 Å². The Morgan fingerprint density at radius 2 is 2.22 bits per heavy atom. The molecule has 0 heterocycles. The van der Waals surface area contributed by atoms with E-state index < -0.39 is 0 Å². The lowest BCUT2D eigenvalue weighted by Crippen LogP contribution is -1.98. The third-order valence-corrected chi connectivity index (χ3v) is 1.40. The first-order chi connectivity index (χ1) is 4.27. The van der Waals surface area contributed by atoms with Crippen LogP contribution in [0, 0.1) is 6.29 Å². The molecule has 0 aliphatic rings. The molecule has 0 spiro atoms. The summed E-state index contributed by atoms with van der Waals surface area (Å²) in [5.74, 6) is 0. The lowest BCUT2D eigenvalue weighted by atomic mass is 10.4. The Kier molecular flexibility index (Phi) is 6.81. The predicted molar refractivity (Wildman–Crippen MR) is 39.8 cm³/mol. The van der Waals surface area contributed by atoms with Gasteiger partial charge in [-0.25, -0.2) is 0 Å². The standard InChI is InChI=1S/C6H12BrO2/c1-6(8)9-5-3-2-4-7/h8H,2-5H2,1H3. The van der Waals surface area contributed by atoms with E-state index in [-0.39, 0.29) is 6.29 Å². The minimum Gasteiger partial charge on any atom is -0.362 e. The Morgan fingerprint density at radius 3 is 2.67 bits per heavy atom. The molecule has 0 aliphatic carbocycles. The first-order valence-corrected chi connectivity index (χ1v) is 4.11. The van der Waals surface area contributed by atoms with Gasteiger partial charge in [-0.2, -0.15) is 0 Å². The van der Waals surface area contributed by atoms with E-state index in [1.807, 2.05) is 0 Å². The van der Waals surface area contributed by atoms with Gasteiger partial charge in [0.1, 0.15) is 0 Å². The van der Waals surface area contributed by atoms with Crippen molar-refractivity contribution >= 4 is 15.9 Å². The summed E-state index contributed by atoms with van der Waals surface area (Å²) in [6.45, 7) is 2.15. The van der Waals surface area contributed by atoms with Gasteiger partial charge >= 0.3 is 0 Å². The van der Waals surface area contributed by atoms with Crippen molar-refractivity contribution in [2.75, 3.05) is 11.9 Å². The molecule has 0 aromatic carbocycles. The number of unbranched alkanes of at least 4 members (excludes halogenated alkanes) is 1. The molecule has 0 aliphatic heterocycles. The zero-order chi connectivity index (χ0) is 7.11. The Hall–Kier alpha value is 0.400. The van der Waals surface area contributed by atoms with Crippen molar-refractivity contribution in [3.05, 3.63) is 6.29 Å². The molecule has 3 heteroatoms. The second kappa shape index (κ2) is 6.52. The summed E-state index contributed by atoms with van der Waals surface area (Å²) >= 11 is 3.29. The molecule has 0 aromatic heterocycles. The summed E-state index contributed by atoms with van der Waals surface area (Å²) in [5.41, 5.74) is 0. The van der Waals surface area contributed by atoms with Gasteiger partial charge in [-0.3, -0.25) is 0 Å². The van der Waals surface area contributed by atoms with Gasteiger partial charge in [-0.15, -0.1) is 0 Å². The molecule has 55 valence electrons. The number of hydrogen-bond donors (Lipinski definition) is 1. The number of halogens is 1. The molecule has 2 nitrogen and oxygen atoms in total. The normalized spacial score (nSPS) is 10.7. The topological polar surface area (TPSA) is 29.5 Å². The fraction of sp³-hybridized carbons (Fsp3) is 0.833. The molecular formula is C6H12BrO2. The fourth-order valence-electron chi connectivity index (χ4n) is 0.416. The van der Waals surface area contributed by atoms with Crippen LogP contribution in [0.25, 0.3) is 0 Å². The van der Waals surface area contributed by atoms with Gasteiger partial charge in [0.05, 0.1) is 6.61 Å². The summed E-state index contributed by atoms with van der Waals surface area (Å²) in [6.07, 6.45) is 2.14. The number of hydrogen-bond acceptors (Lipinski definition) is 2. The average Bonchev–Trinajstić information content (AvgIpc) is 1.80. The van der Waals surface area contributed by atoms with Crippen LogP contribution in [0.5, 0.6) is 0 Å². The van der Waals surface area contributed by atoms with Crippen molar-refractivity contribution < 1.29 is 9.84 Å². The van der Waals surface area contributed by atoms with Crippen molar-refractivity contribution in [3.8, 4) is 0 Å². The summed E-state index contributed by atoms with van der Waals surface area (Å²) in [7, 11) is 0. The van der Waals surface area contributed by atoms with Crippen LogP contribution in [0.4, 0.5) is 0 Å². The van der Waals surface area contributed by atoms with Gasteiger partial charge in [0.2, 0.25) is 6.29 Å². The van der Waals surface area contributed by atoms with E-state index in [1.165, 1.54) is 6.92 Å². The SMILES string of the molecule is C[C](O)OCCCCBr. The summed E-state index contributed by atoms with van der Waals surface area (Å²) in [5, 5.41) is 9.54. The maximum Gasteiger partial charge on any atom is 0.217 e. The van der Waals surface area contributed by atoms with Crippen LogP contribution >= 0.6 is 15.9 Å². The van der Waals surface area contributed by atoms with Gasteiger partial charge < -0.3 is 9.84 Å². The van der Waals surface area contributed by atoms with Crippen molar-refractivity contribution in [1.29, 1.82) is 0 Å². The Labute approximate surface area is 64.3 Å². The summed E-state index contributed by atoms with van der Waals surface area (Å²) in [6, 6.07) is 0. The van der Waals surface area contributed by atoms with Gasteiger partial charge in [-0.1, -0.05) is 15.9 Å². The van der Waals surface area contributed by atoms with Crippen LogP contribution in [0.15, 0.2) is 0 Å². The number of aliphatic hydroxyl groups excluding tert-OH is 1. The second-order valence-electron chi connectivity index (χ2n) is 1.76. The molecule has 0 unspecified atom stereocenters. The van der Waals surface area contributed by atoms with Gasteiger partial charge in [-0.05, 0) is 19.8 Å². The first kappa shape index (κ1) is 9.40. The van der Waals surface area contributed by atoms with E-state index in [0.717, 1.165) is 18.2 Å². The van der Waals surface area contributed by atoms with E-state index >= 15 is 0 Å². The Balaban J connectivity index is 2.75. The maximum atomic E-state index is 8.53. The lowest BCUT2D eigenvalue weighted by Gasteiger charge is -2.02. The van der Waals surface area contributed by atoms with E-state index in [0.29, 0.717) is 6.61 Å². The largest absolute Gasteiger partial charge is 0.362 e. The Bertz CT molecular complexity index is 57.0. The van der Waals surface area contributed by atoms with E-state index in [4.69, 9.17) is 9.84 Å². The highest BCUT2D eigenvalue weighted by Gasteiger charge is 1.94. The molecule has 0 rings (SSSR count). The smallest absolute Gasteiger partial charge is 0.217 e. The van der Waals surface area contributed by atoms with Crippen LogP contribution in [0.1, 0.15) is 19.8 Å². The highest BCUT2D eigenvalue weighted by molar-refractivity contribution is 9.09. The van der Waals surface area contributed by atoms with Gasteiger partial charge in [0.25, 0.3) is 0 Å². The van der Waals surface area contributed by atoms with E-state index in [2.05, 4.69) is 15.9 Å². The quantitative estimate of drug-likeness (QED) is 0.538. The van der Waals surface area contributed by atoms with Gasteiger partial charge in [0.15, 0.2) is 0 Å². The van der Waals surface area contributed by atoms with Crippen LogP contribution in [-0.4, -0.2) is 17.0 Å². The van der Waals surface area contributed by atoms with Crippen LogP contribution in [0.3, 0.4) is 0 Å². The molecule has 0 atom stereocenters. The molecule has 0 fully saturated rings. The minimum absolute atomic E-state index is 0.0598. The third-order valence-electron chi connectivity index (χ3n) is 0.839. The Morgan fingerprint density at radius 1 is 1.56 bits per heavy atom. The third kappa shape index (κ3) is 8.40. The lowest BCUT2D eigenvalue weighted by molar-refractivity contribution is 0.0139. The van der Waals surface area contributed by atoms with Crippen molar-refractivity contribution in [2.24, 2.45) is 0 Å². The molecule has 0 aromatic rings. The number of rotatable bonds is 5. The summed E-state index contributed by atoms with van der Waals surface area (Å²) in [4.78, 5) is 0. The number of alkyl halides is 1. The molecule has 0 bridgehead atoms. The van der Waals surface area contributed by atoms with Gasteiger partial charge in [0, 0.05) is 5.33 Å². The van der Waals surface area contributed by atoms with Crippen molar-refractivity contribution in [2.45, 2.75) is 19.8 Å². The molecule has 1 N–H and O–H groups in total. The van der Waals surface area contributed by atoms with Crippen LogP contribution in [-0.2, 0) is 4.74 Å². The molecule has 0 saturated carbocycles. The maximum absolute atomic E-state index is 8.53. The van der Waals surface area contributed by atoms with E-state index in [9.17, 15) is 0 Å². The first-order valence-electron chi connectivity index (χ1n) is 2.98. The number of ether oxygens (including phenoxy) is 1. The fourth-order valence-corrected chi connectivity index (χ4v) is 0.813. The summed E-state index contributed by atoms with van der Waals surface area (Å²) < 4.78 is 4.80.